The van der Waals surface area contributed by atoms with E-state index in [1.165, 1.54) is 4.90 Å². The molecule has 0 aliphatic carbocycles. The zero-order valence-electron chi connectivity index (χ0n) is 16.3. The Morgan fingerprint density at radius 1 is 1.24 bits per heavy atom. The van der Waals surface area contributed by atoms with Crippen LogP contribution in [0.15, 0.2) is 48.5 Å². The van der Waals surface area contributed by atoms with Gasteiger partial charge in [-0.05, 0) is 43.0 Å². The first kappa shape index (κ1) is 19.0. The van der Waals surface area contributed by atoms with Gasteiger partial charge in [-0.1, -0.05) is 36.4 Å². The van der Waals surface area contributed by atoms with Crippen LogP contribution in [-0.2, 0) is 22.4 Å². The molecule has 0 unspecified atom stereocenters. The van der Waals surface area contributed by atoms with Gasteiger partial charge in [0.05, 0.1) is 23.7 Å². The summed E-state index contributed by atoms with van der Waals surface area (Å²) in [6.45, 7) is 2.68. The molecule has 2 heterocycles. The topological polar surface area (TPSA) is 84.5 Å². The Bertz CT molecular complexity index is 1020. The summed E-state index contributed by atoms with van der Waals surface area (Å²) in [5.41, 5.74) is 3.74. The third-order valence-corrected chi connectivity index (χ3v) is 4.98. The summed E-state index contributed by atoms with van der Waals surface area (Å²) in [4.78, 5) is 33.6. The number of imide groups is 1. The van der Waals surface area contributed by atoms with Crippen LogP contribution in [0.4, 0.5) is 4.79 Å². The van der Waals surface area contributed by atoms with Crippen LogP contribution >= 0.6 is 0 Å². The molecule has 1 aliphatic heterocycles. The maximum Gasteiger partial charge on any atom is 0.416 e. The number of carbonyl (C=O) groups excluding carboxylic acids is 2. The number of cyclic esters (lactones) is 1. The molecule has 1 N–H and O–H groups in total. The second kappa shape index (κ2) is 8.34. The van der Waals surface area contributed by atoms with Crippen molar-refractivity contribution in [3.8, 4) is 6.01 Å². The van der Waals surface area contributed by atoms with E-state index < -0.39 is 6.09 Å². The van der Waals surface area contributed by atoms with Crippen LogP contribution in [0, 0.1) is 0 Å². The van der Waals surface area contributed by atoms with Crippen molar-refractivity contribution in [2.45, 2.75) is 32.2 Å². The molecule has 7 nitrogen and oxygen atoms in total. The number of H-pyrrole nitrogens is 1. The van der Waals surface area contributed by atoms with Crippen molar-refractivity contribution in [1.82, 2.24) is 14.9 Å². The first-order valence-electron chi connectivity index (χ1n) is 9.78. The van der Waals surface area contributed by atoms with Crippen LogP contribution in [-0.4, -0.2) is 46.1 Å². The SMILES string of the molecule is CCOc1nc2ccc(CCC(=O)N3C(=O)OC[C@H]3Cc3ccccc3)cc2[nH]1. The lowest BCUT2D eigenvalue weighted by atomic mass is 10.0. The highest BCUT2D eigenvalue weighted by atomic mass is 16.6. The maximum atomic E-state index is 12.8. The minimum absolute atomic E-state index is 0.215. The summed E-state index contributed by atoms with van der Waals surface area (Å²) in [6, 6.07) is 15.8. The Kier molecular flexibility index (Phi) is 5.46. The molecule has 150 valence electrons. The normalized spacial score (nSPS) is 16.2. The lowest BCUT2D eigenvalue weighted by molar-refractivity contribution is -0.129. The molecule has 1 fully saturated rings. The third kappa shape index (κ3) is 4.23. The summed E-state index contributed by atoms with van der Waals surface area (Å²) < 4.78 is 10.5. The molecule has 0 saturated carbocycles. The number of amides is 2. The molecule has 2 aromatic carbocycles. The van der Waals surface area contributed by atoms with E-state index >= 15 is 0 Å². The van der Waals surface area contributed by atoms with E-state index in [1.54, 1.807) is 0 Å². The number of imidazole rings is 1. The number of aryl methyl sites for hydroxylation is 1. The number of fused-ring (bicyclic) bond motifs is 1. The first-order chi connectivity index (χ1) is 14.1. The molecule has 0 bridgehead atoms. The fourth-order valence-corrected chi connectivity index (χ4v) is 3.57. The molecule has 1 aliphatic rings. The smallest absolute Gasteiger partial charge is 0.416 e. The van der Waals surface area contributed by atoms with Crippen LogP contribution < -0.4 is 4.74 Å². The molecule has 0 radical (unpaired) electrons. The van der Waals surface area contributed by atoms with Gasteiger partial charge in [-0.25, -0.2) is 9.69 Å². The summed E-state index contributed by atoms with van der Waals surface area (Å²) in [6.07, 6.45) is 0.803. The highest BCUT2D eigenvalue weighted by molar-refractivity contribution is 5.93. The van der Waals surface area contributed by atoms with Gasteiger partial charge in [0.1, 0.15) is 6.61 Å². The van der Waals surface area contributed by atoms with E-state index in [4.69, 9.17) is 9.47 Å². The number of ether oxygens (including phenoxy) is 2. The van der Waals surface area contributed by atoms with Crippen molar-refractivity contribution in [3.05, 3.63) is 59.7 Å². The van der Waals surface area contributed by atoms with Gasteiger partial charge in [0.25, 0.3) is 6.01 Å². The largest absolute Gasteiger partial charge is 0.465 e. The number of rotatable bonds is 7. The van der Waals surface area contributed by atoms with Crippen LogP contribution in [0.2, 0.25) is 0 Å². The molecular formula is C22H23N3O4. The van der Waals surface area contributed by atoms with Crippen LogP contribution in [0.5, 0.6) is 6.01 Å². The van der Waals surface area contributed by atoms with Crippen molar-refractivity contribution >= 4 is 23.0 Å². The molecule has 1 saturated heterocycles. The second-order valence-electron chi connectivity index (χ2n) is 7.01. The van der Waals surface area contributed by atoms with Crippen molar-refractivity contribution in [3.63, 3.8) is 0 Å². The van der Waals surface area contributed by atoms with Gasteiger partial charge < -0.3 is 14.5 Å². The van der Waals surface area contributed by atoms with Crippen LogP contribution in [0.3, 0.4) is 0 Å². The zero-order valence-corrected chi connectivity index (χ0v) is 16.3. The van der Waals surface area contributed by atoms with E-state index in [9.17, 15) is 9.59 Å². The average molecular weight is 393 g/mol. The van der Waals surface area contributed by atoms with Crippen molar-refractivity contribution in [2.24, 2.45) is 0 Å². The van der Waals surface area contributed by atoms with Crippen molar-refractivity contribution < 1.29 is 19.1 Å². The number of hydrogen-bond donors (Lipinski definition) is 1. The predicted octanol–water partition coefficient (Wildman–Crippen LogP) is 3.48. The Morgan fingerprint density at radius 2 is 2.07 bits per heavy atom. The van der Waals surface area contributed by atoms with Crippen LogP contribution in [0.1, 0.15) is 24.5 Å². The third-order valence-electron chi connectivity index (χ3n) is 4.98. The molecular weight excluding hydrogens is 370 g/mol. The minimum atomic E-state index is -0.554. The van der Waals surface area contributed by atoms with Crippen LogP contribution in [0.25, 0.3) is 11.0 Å². The van der Waals surface area contributed by atoms with Gasteiger partial charge in [0, 0.05) is 6.42 Å². The molecule has 2 amide bonds. The lowest BCUT2D eigenvalue weighted by Crippen LogP contribution is -2.40. The summed E-state index contributed by atoms with van der Waals surface area (Å²) >= 11 is 0. The van der Waals surface area contributed by atoms with E-state index in [0.29, 0.717) is 25.5 Å². The van der Waals surface area contributed by atoms with Crippen molar-refractivity contribution in [1.29, 1.82) is 0 Å². The van der Waals surface area contributed by atoms with Crippen molar-refractivity contribution in [2.75, 3.05) is 13.2 Å². The molecule has 0 spiro atoms. The molecule has 1 atom stereocenters. The number of hydrogen-bond acceptors (Lipinski definition) is 5. The predicted molar refractivity (Wildman–Crippen MR) is 108 cm³/mol. The number of benzene rings is 2. The number of aromatic amines is 1. The van der Waals surface area contributed by atoms with E-state index in [1.807, 2.05) is 55.5 Å². The average Bonchev–Trinajstić information content (AvgIpc) is 3.29. The van der Waals surface area contributed by atoms with E-state index in [-0.39, 0.29) is 25.0 Å². The highest BCUT2D eigenvalue weighted by Crippen LogP contribution is 2.21. The molecule has 29 heavy (non-hydrogen) atoms. The highest BCUT2D eigenvalue weighted by Gasteiger charge is 2.37. The van der Waals surface area contributed by atoms with Gasteiger partial charge in [-0.2, -0.15) is 4.98 Å². The lowest BCUT2D eigenvalue weighted by Gasteiger charge is -2.19. The molecule has 7 heteroatoms. The monoisotopic (exact) mass is 393 g/mol. The van der Waals surface area contributed by atoms with Gasteiger partial charge in [-0.3, -0.25) is 4.79 Å². The minimum Gasteiger partial charge on any atom is -0.465 e. The van der Waals surface area contributed by atoms with E-state index in [2.05, 4.69) is 9.97 Å². The molecule has 4 rings (SSSR count). The zero-order chi connectivity index (χ0) is 20.2. The Balaban J connectivity index is 1.41. The quantitative estimate of drug-likeness (QED) is 0.664. The number of nitrogens with one attached hydrogen (secondary N) is 1. The summed E-state index contributed by atoms with van der Waals surface area (Å²) in [5, 5.41) is 0. The number of carbonyl (C=O) groups is 2. The van der Waals surface area contributed by atoms with Gasteiger partial charge in [-0.15, -0.1) is 0 Å². The van der Waals surface area contributed by atoms with Gasteiger partial charge >= 0.3 is 6.09 Å². The Morgan fingerprint density at radius 3 is 2.86 bits per heavy atom. The second-order valence-corrected chi connectivity index (χ2v) is 7.01. The molecule has 1 aromatic heterocycles. The number of nitrogens with zero attached hydrogens (tertiary/aromatic N) is 2. The Labute approximate surface area is 168 Å². The van der Waals surface area contributed by atoms with Gasteiger partial charge in [0.2, 0.25) is 5.91 Å². The standard InChI is InChI=1S/C22H23N3O4/c1-2-28-21-23-18-10-8-16(13-19(18)24-21)9-11-20(26)25-17(14-29-22(25)27)12-15-6-4-3-5-7-15/h3-8,10,13,17H,2,9,11-12,14H2,1H3,(H,23,24)/t17-/m1/s1. The number of aromatic nitrogens is 2. The summed E-state index contributed by atoms with van der Waals surface area (Å²) in [5.74, 6) is -0.215. The maximum absolute atomic E-state index is 12.8. The van der Waals surface area contributed by atoms with E-state index in [0.717, 1.165) is 22.2 Å². The fourth-order valence-electron chi connectivity index (χ4n) is 3.57. The summed E-state index contributed by atoms with van der Waals surface area (Å²) in [7, 11) is 0. The van der Waals surface area contributed by atoms with Gasteiger partial charge in [0.15, 0.2) is 0 Å². The first-order valence-corrected chi connectivity index (χ1v) is 9.78. The molecule has 3 aromatic rings. The fraction of sp³-hybridized carbons (Fsp3) is 0.318. The Hall–Kier alpha value is -3.35.